The molecule has 7 heteroatoms. The van der Waals surface area contributed by atoms with E-state index in [0.717, 1.165) is 53.4 Å². The SMILES string of the molecule is [C-]#[N+]c1ccc(OC)c(Cc2c(C)nc(N)nc2N[C@@H](CCCC)CCSC)c1. The molecule has 0 saturated heterocycles. The van der Waals surface area contributed by atoms with Crippen LogP contribution in [0.4, 0.5) is 17.5 Å². The Kier molecular flexibility index (Phi) is 9.07. The van der Waals surface area contributed by atoms with E-state index in [1.807, 2.05) is 30.8 Å². The van der Waals surface area contributed by atoms with Gasteiger partial charge in [-0.05, 0) is 49.5 Å². The number of hydrogen-bond acceptors (Lipinski definition) is 6. The minimum Gasteiger partial charge on any atom is -0.497 e. The van der Waals surface area contributed by atoms with E-state index >= 15 is 0 Å². The third-order valence-electron chi connectivity index (χ3n) is 4.91. The predicted octanol–water partition coefficient (Wildman–Crippen LogP) is 5.24. The molecule has 1 aromatic carbocycles. The van der Waals surface area contributed by atoms with E-state index in [4.69, 9.17) is 17.0 Å². The standard InChI is InChI=1S/C22H31N5OS/c1-6-7-8-17(11-12-29-5)26-21-19(15(2)25-22(23)27-21)14-16-13-18(24-3)9-10-20(16)28-4/h9-10,13,17H,6-8,11-12,14H2,1-2,4-5H3,(H3,23,25,26,27)/t17-/m0/s1. The number of nitrogens with two attached hydrogens (primary N) is 1. The van der Waals surface area contributed by atoms with E-state index in [0.29, 0.717) is 18.2 Å². The molecule has 0 aliphatic rings. The van der Waals surface area contributed by atoms with E-state index in [9.17, 15) is 0 Å². The van der Waals surface area contributed by atoms with Crippen molar-refractivity contribution in [3.63, 3.8) is 0 Å². The molecule has 2 rings (SSSR count). The molecule has 0 amide bonds. The Morgan fingerprint density at radius 3 is 2.76 bits per heavy atom. The monoisotopic (exact) mass is 413 g/mol. The van der Waals surface area contributed by atoms with Crippen LogP contribution in [-0.4, -0.2) is 35.1 Å². The number of methoxy groups -OCH3 is 1. The number of nitrogens with one attached hydrogen (secondary N) is 1. The highest BCUT2D eigenvalue weighted by atomic mass is 32.2. The van der Waals surface area contributed by atoms with Crippen molar-refractivity contribution < 1.29 is 4.74 Å². The van der Waals surface area contributed by atoms with Gasteiger partial charge in [0.1, 0.15) is 11.6 Å². The highest BCUT2D eigenvalue weighted by Crippen LogP contribution is 2.30. The first-order chi connectivity index (χ1) is 14.0. The number of nitrogen functional groups attached to an aromatic ring is 1. The van der Waals surface area contributed by atoms with Gasteiger partial charge in [-0.15, -0.1) is 0 Å². The van der Waals surface area contributed by atoms with Crippen LogP contribution in [0.2, 0.25) is 0 Å². The van der Waals surface area contributed by atoms with Crippen molar-refractivity contribution in [3.8, 4) is 5.75 Å². The summed E-state index contributed by atoms with van der Waals surface area (Å²) in [6, 6.07) is 5.81. The Labute approximate surface area is 178 Å². The molecule has 2 aromatic rings. The van der Waals surface area contributed by atoms with Gasteiger partial charge in [0.25, 0.3) is 0 Å². The average molecular weight is 414 g/mol. The zero-order valence-corrected chi connectivity index (χ0v) is 18.6. The molecule has 6 nitrogen and oxygen atoms in total. The predicted molar refractivity (Wildman–Crippen MR) is 123 cm³/mol. The molecule has 1 heterocycles. The van der Waals surface area contributed by atoms with Crippen molar-refractivity contribution in [2.75, 3.05) is 30.2 Å². The number of aromatic nitrogens is 2. The summed E-state index contributed by atoms with van der Waals surface area (Å²) in [4.78, 5) is 12.5. The second-order valence-corrected chi connectivity index (χ2v) is 8.03. The molecular formula is C22H31N5OS. The minimum absolute atomic E-state index is 0.273. The first kappa shape index (κ1) is 22.8. The summed E-state index contributed by atoms with van der Waals surface area (Å²) in [5.41, 5.74) is 9.33. The van der Waals surface area contributed by atoms with Gasteiger partial charge in [-0.2, -0.15) is 16.7 Å². The van der Waals surface area contributed by atoms with Gasteiger partial charge in [-0.1, -0.05) is 25.8 Å². The maximum absolute atomic E-state index is 7.31. The lowest BCUT2D eigenvalue weighted by Gasteiger charge is -2.22. The highest BCUT2D eigenvalue weighted by molar-refractivity contribution is 7.98. The molecular weight excluding hydrogens is 382 g/mol. The number of thioether (sulfide) groups is 1. The van der Waals surface area contributed by atoms with E-state index < -0.39 is 0 Å². The number of rotatable bonds is 11. The van der Waals surface area contributed by atoms with Crippen molar-refractivity contribution in [2.45, 2.75) is 52.0 Å². The van der Waals surface area contributed by atoms with Gasteiger partial charge >= 0.3 is 0 Å². The van der Waals surface area contributed by atoms with Crippen LogP contribution in [0, 0.1) is 13.5 Å². The fourth-order valence-corrected chi connectivity index (χ4v) is 3.82. The van der Waals surface area contributed by atoms with Crippen LogP contribution >= 0.6 is 11.8 Å². The van der Waals surface area contributed by atoms with Gasteiger partial charge < -0.3 is 15.8 Å². The van der Waals surface area contributed by atoms with Gasteiger partial charge in [0.15, 0.2) is 5.69 Å². The molecule has 0 aliphatic heterocycles. The minimum atomic E-state index is 0.273. The molecule has 156 valence electrons. The number of hydrogen-bond donors (Lipinski definition) is 2. The van der Waals surface area contributed by atoms with Crippen LogP contribution in [-0.2, 0) is 6.42 Å². The Bertz CT molecular complexity index is 842. The second-order valence-electron chi connectivity index (χ2n) is 7.04. The third kappa shape index (κ3) is 6.53. The highest BCUT2D eigenvalue weighted by Gasteiger charge is 2.17. The lowest BCUT2D eigenvalue weighted by Crippen LogP contribution is -2.23. The van der Waals surface area contributed by atoms with Crippen molar-refractivity contribution in [1.82, 2.24) is 9.97 Å². The smallest absolute Gasteiger partial charge is 0.222 e. The fraction of sp³-hybridized carbons (Fsp3) is 0.500. The maximum Gasteiger partial charge on any atom is 0.222 e. The van der Waals surface area contributed by atoms with E-state index in [-0.39, 0.29) is 5.95 Å². The van der Waals surface area contributed by atoms with Crippen LogP contribution < -0.4 is 15.8 Å². The van der Waals surface area contributed by atoms with Crippen molar-refractivity contribution >= 4 is 29.2 Å². The molecule has 29 heavy (non-hydrogen) atoms. The number of nitrogens with zero attached hydrogens (tertiary/aromatic N) is 3. The van der Waals surface area contributed by atoms with Gasteiger partial charge in [0.05, 0.1) is 13.7 Å². The van der Waals surface area contributed by atoms with Gasteiger partial charge in [0.2, 0.25) is 5.95 Å². The van der Waals surface area contributed by atoms with Crippen LogP contribution in [0.15, 0.2) is 18.2 Å². The van der Waals surface area contributed by atoms with Crippen LogP contribution in [0.1, 0.15) is 49.4 Å². The van der Waals surface area contributed by atoms with E-state index in [1.165, 1.54) is 6.42 Å². The lowest BCUT2D eigenvalue weighted by atomic mass is 10.0. The Morgan fingerprint density at radius 2 is 2.10 bits per heavy atom. The first-order valence-corrected chi connectivity index (χ1v) is 11.3. The fourth-order valence-electron chi connectivity index (χ4n) is 3.30. The quantitative estimate of drug-likeness (QED) is 0.491. The largest absolute Gasteiger partial charge is 0.497 e. The van der Waals surface area contributed by atoms with Crippen LogP contribution in [0.5, 0.6) is 5.75 Å². The van der Waals surface area contributed by atoms with E-state index in [1.54, 1.807) is 13.2 Å². The third-order valence-corrected chi connectivity index (χ3v) is 5.55. The van der Waals surface area contributed by atoms with Crippen molar-refractivity contribution in [3.05, 3.63) is 46.4 Å². The summed E-state index contributed by atoms with van der Waals surface area (Å²) in [5, 5.41) is 3.64. The number of benzene rings is 1. The van der Waals surface area contributed by atoms with Crippen LogP contribution in [0.25, 0.3) is 4.85 Å². The molecule has 3 N–H and O–H groups in total. The molecule has 0 spiro atoms. The summed E-state index contributed by atoms with van der Waals surface area (Å²) < 4.78 is 5.52. The van der Waals surface area contributed by atoms with Gasteiger partial charge in [-0.25, -0.2) is 9.83 Å². The van der Waals surface area contributed by atoms with Crippen molar-refractivity contribution in [2.24, 2.45) is 0 Å². The molecule has 1 aromatic heterocycles. The summed E-state index contributed by atoms with van der Waals surface area (Å²) in [7, 11) is 1.64. The number of aryl methyl sites for hydroxylation is 1. The lowest BCUT2D eigenvalue weighted by molar-refractivity contribution is 0.410. The molecule has 0 bridgehead atoms. The number of unbranched alkanes of at least 4 members (excludes halogenated alkanes) is 1. The topological polar surface area (TPSA) is 77.4 Å². The zero-order chi connectivity index (χ0) is 21.2. The average Bonchev–Trinajstić information content (AvgIpc) is 2.72. The summed E-state index contributed by atoms with van der Waals surface area (Å²) in [6.45, 7) is 11.5. The Balaban J connectivity index is 2.39. The zero-order valence-electron chi connectivity index (χ0n) is 17.8. The van der Waals surface area contributed by atoms with Crippen molar-refractivity contribution in [1.29, 1.82) is 0 Å². The maximum atomic E-state index is 7.31. The summed E-state index contributed by atoms with van der Waals surface area (Å²) in [5.74, 6) is 2.91. The molecule has 0 aliphatic carbocycles. The molecule has 0 fully saturated rings. The Morgan fingerprint density at radius 1 is 1.31 bits per heavy atom. The Hall–Kier alpha value is -2.46. The molecule has 1 atom stereocenters. The number of ether oxygens (including phenoxy) is 1. The molecule has 0 radical (unpaired) electrons. The first-order valence-electron chi connectivity index (χ1n) is 9.95. The van der Waals surface area contributed by atoms with Gasteiger partial charge in [-0.3, -0.25) is 0 Å². The second kappa shape index (κ2) is 11.5. The van der Waals surface area contributed by atoms with Crippen LogP contribution in [0.3, 0.4) is 0 Å². The summed E-state index contributed by atoms with van der Waals surface area (Å²) in [6.07, 6.45) is 7.20. The van der Waals surface area contributed by atoms with Gasteiger partial charge in [0, 0.05) is 23.7 Å². The number of anilines is 2. The normalized spacial score (nSPS) is 11.7. The molecule has 0 unspecified atom stereocenters. The van der Waals surface area contributed by atoms with E-state index in [2.05, 4.69) is 33.3 Å². The molecule has 0 saturated carbocycles. The summed E-state index contributed by atoms with van der Waals surface area (Å²) >= 11 is 1.85.